The van der Waals surface area contributed by atoms with Gasteiger partial charge in [0.25, 0.3) is 0 Å². The molecule has 3 aromatic rings. The summed E-state index contributed by atoms with van der Waals surface area (Å²) in [6, 6.07) is 8.45. The van der Waals surface area contributed by atoms with Crippen molar-refractivity contribution < 1.29 is 13.9 Å². The number of benzene rings is 2. The van der Waals surface area contributed by atoms with Gasteiger partial charge in [-0.25, -0.2) is 4.39 Å². The minimum Gasteiger partial charge on any atom is -0.484 e. The standard InChI is InChI=1S/C23H23ClFN3O2/c1-2-28(9-3-4-14-12-27-21-8-5-15(24)10-18(14)21)16-11-19-17(23(26)29)6-7-20(25)22(19)30-13-16/h5-8,10-12,27H,2-4,9,13H2,1H3,(H2,26,29). The van der Waals surface area contributed by atoms with Crippen molar-refractivity contribution in [2.24, 2.45) is 5.73 Å². The average molecular weight is 428 g/mol. The molecule has 2 aromatic carbocycles. The number of carbonyl (C=O) groups is 1. The number of nitrogens with one attached hydrogen (secondary N) is 1. The molecular formula is C23H23ClFN3O2. The molecule has 1 aliphatic heterocycles. The number of hydrogen-bond acceptors (Lipinski definition) is 3. The molecule has 0 aliphatic carbocycles. The SMILES string of the molecule is CCN(CCCc1c[nH]c2ccc(Cl)cc12)C1=Cc2c(C(N)=O)ccc(F)c2OC1. The van der Waals surface area contributed by atoms with Gasteiger partial charge in [0.15, 0.2) is 11.6 Å². The minimum absolute atomic E-state index is 0.0850. The van der Waals surface area contributed by atoms with E-state index in [0.717, 1.165) is 47.6 Å². The second-order valence-electron chi connectivity index (χ2n) is 7.31. The van der Waals surface area contributed by atoms with Crippen molar-refractivity contribution in [2.75, 3.05) is 19.7 Å². The second kappa shape index (κ2) is 8.40. The van der Waals surface area contributed by atoms with E-state index < -0.39 is 11.7 Å². The van der Waals surface area contributed by atoms with Crippen molar-refractivity contribution in [2.45, 2.75) is 19.8 Å². The Morgan fingerprint density at radius 2 is 2.17 bits per heavy atom. The van der Waals surface area contributed by atoms with E-state index in [1.54, 1.807) is 0 Å². The first-order valence-electron chi connectivity index (χ1n) is 9.94. The second-order valence-corrected chi connectivity index (χ2v) is 7.75. The highest BCUT2D eigenvalue weighted by atomic mass is 35.5. The summed E-state index contributed by atoms with van der Waals surface area (Å²) in [4.78, 5) is 17.2. The van der Waals surface area contributed by atoms with E-state index >= 15 is 0 Å². The number of H-pyrrole nitrogens is 1. The number of aryl methyl sites for hydroxylation is 1. The van der Waals surface area contributed by atoms with Gasteiger partial charge >= 0.3 is 0 Å². The predicted molar refractivity (Wildman–Crippen MR) is 117 cm³/mol. The Morgan fingerprint density at radius 1 is 1.33 bits per heavy atom. The van der Waals surface area contributed by atoms with Gasteiger partial charge in [0, 0.05) is 40.8 Å². The number of fused-ring (bicyclic) bond motifs is 2. The monoisotopic (exact) mass is 427 g/mol. The number of primary amides is 1. The van der Waals surface area contributed by atoms with Crippen LogP contribution < -0.4 is 10.5 Å². The number of halogens is 2. The molecule has 1 aliphatic rings. The van der Waals surface area contributed by atoms with Crippen LogP contribution in [0.1, 0.15) is 34.8 Å². The van der Waals surface area contributed by atoms with E-state index in [2.05, 4.69) is 16.8 Å². The fourth-order valence-corrected chi connectivity index (χ4v) is 4.11. The zero-order valence-corrected chi connectivity index (χ0v) is 17.4. The first-order chi connectivity index (χ1) is 14.5. The van der Waals surface area contributed by atoms with Crippen molar-refractivity contribution >= 4 is 34.5 Å². The Labute approximate surface area is 179 Å². The van der Waals surface area contributed by atoms with Crippen LogP contribution in [0, 0.1) is 5.82 Å². The van der Waals surface area contributed by atoms with Crippen LogP contribution in [-0.4, -0.2) is 35.5 Å². The van der Waals surface area contributed by atoms with E-state index in [1.165, 1.54) is 17.7 Å². The maximum absolute atomic E-state index is 14.1. The highest BCUT2D eigenvalue weighted by molar-refractivity contribution is 6.31. The number of rotatable bonds is 7. The number of carbonyl (C=O) groups excluding carboxylic acids is 1. The summed E-state index contributed by atoms with van der Waals surface area (Å²) in [5, 5.41) is 1.86. The van der Waals surface area contributed by atoms with Gasteiger partial charge in [-0.15, -0.1) is 0 Å². The Hall–Kier alpha value is -2.99. The van der Waals surface area contributed by atoms with Crippen LogP contribution in [0.2, 0.25) is 5.02 Å². The molecule has 0 bridgehead atoms. The van der Waals surface area contributed by atoms with Crippen molar-refractivity contribution in [1.29, 1.82) is 0 Å². The summed E-state index contributed by atoms with van der Waals surface area (Å²) in [5.74, 6) is -1.01. The topological polar surface area (TPSA) is 71.3 Å². The maximum Gasteiger partial charge on any atom is 0.249 e. The van der Waals surface area contributed by atoms with Gasteiger partial charge in [0.2, 0.25) is 5.91 Å². The molecule has 0 spiro atoms. The lowest BCUT2D eigenvalue weighted by molar-refractivity contribution is 0.0999. The number of nitrogens with zero attached hydrogens (tertiary/aromatic N) is 1. The number of nitrogens with two attached hydrogens (primary N) is 1. The van der Waals surface area contributed by atoms with Crippen molar-refractivity contribution in [3.05, 3.63) is 69.8 Å². The smallest absolute Gasteiger partial charge is 0.249 e. The van der Waals surface area contributed by atoms with Crippen molar-refractivity contribution in [3.63, 3.8) is 0 Å². The molecule has 0 atom stereocenters. The molecule has 1 amide bonds. The van der Waals surface area contributed by atoms with E-state index in [-0.39, 0.29) is 17.9 Å². The zero-order chi connectivity index (χ0) is 21.3. The van der Waals surface area contributed by atoms with Crippen molar-refractivity contribution in [3.8, 4) is 5.75 Å². The Bertz CT molecular complexity index is 1140. The highest BCUT2D eigenvalue weighted by Crippen LogP contribution is 2.33. The molecule has 30 heavy (non-hydrogen) atoms. The maximum atomic E-state index is 14.1. The Kier molecular flexibility index (Phi) is 5.68. The Morgan fingerprint density at radius 3 is 2.93 bits per heavy atom. The van der Waals surface area contributed by atoms with E-state index in [1.807, 2.05) is 30.5 Å². The van der Waals surface area contributed by atoms with Crippen LogP contribution >= 0.6 is 11.6 Å². The number of amides is 1. The molecule has 4 rings (SSSR count). The van der Waals surface area contributed by atoms with E-state index in [0.29, 0.717) is 5.56 Å². The third kappa shape index (κ3) is 3.87. The van der Waals surface area contributed by atoms with Crippen LogP contribution in [0.3, 0.4) is 0 Å². The minimum atomic E-state index is -0.603. The quantitative estimate of drug-likeness (QED) is 0.571. The summed E-state index contributed by atoms with van der Waals surface area (Å²) in [7, 11) is 0. The first kappa shape index (κ1) is 20.3. The molecule has 0 unspecified atom stereocenters. The molecular weight excluding hydrogens is 405 g/mol. The highest BCUT2D eigenvalue weighted by Gasteiger charge is 2.23. The van der Waals surface area contributed by atoms with Crippen LogP contribution in [0.25, 0.3) is 17.0 Å². The van der Waals surface area contributed by atoms with Gasteiger partial charge in [-0.05, 0) is 61.7 Å². The van der Waals surface area contributed by atoms with E-state index in [4.69, 9.17) is 22.1 Å². The fourth-order valence-electron chi connectivity index (χ4n) is 3.94. The molecule has 3 N–H and O–H groups in total. The molecule has 2 heterocycles. The lowest BCUT2D eigenvalue weighted by Gasteiger charge is -2.29. The number of hydrogen-bond donors (Lipinski definition) is 2. The van der Waals surface area contributed by atoms with Gasteiger partial charge in [-0.3, -0.25) is 4.79 Å². The number of ether oxygens (including phenoxy) is 1. The van der Waals surface area contributed by atoms with Gasteiger partial charge in [-0.2, -0.15) is 0 Å². The lowest BCUT2D eigenvalue weighted by Crippen LogP contribution is -2.29. The van der Waals surface area contributed by atoms with Gasteiger partial charge in [-0.1, -0.05) is 11.6 Å². The Balaban J connectivity index is 1.51. The molecule has 5 nitrogen and oxygen atoms in total. The third-order valence-electron chi connectivity index (χ3n) is 5.48. The van der Waals surface area contributed by atoms with Crippen molar-refractivity contribution in [1.82, 2.24) is 9.88 Å². The average Bonchev–Trinajstić information content (AvgIpc) is 3.13. The van der Waals surface area contributed by atoms with Gasteiger partial charge in [0.05, 0.1) is 11.3 Å². The fraction of sp³-hybridized carbons (Fsp3) is 0.261. The molecule has 1 aromatic heterocycles. The number of likely N-dealkylation sites (N-methyl/N-ethyl adjacent to an activating group) is 1. The summed E-state index contributed by atoms with van der Waals surface area (Å²) in [6.07, 6.45) is 5.65. The van der Waals surface area contributed by atoms with Crippen LogP contribution in [-0.2, 0) is 6.42 Å². The number of aromatic amines is 1. The molecule has 156 valence electrons. The summed E-state index contributed by atoms with van der Waals surface area (Å²) < 4.78 is 19.8. The first-order valence-corrected chi connectivity index (χ1v) is 10.3. The van der Waals surface area contributed by atoms with E-state index in [9.17, 15) is 9.18 Å². The summed E-state index contributed by atoms with van der Waals surface area (Å²) in [5.41, 5.74) is 9.33. The molecule has 0 radical (unpaired) electrons. The van der Waals surface area contributed by atoms with Crippen LogP contribution in [0.5, 0.6) is 5.75 Å². The number of aromatic nitrogens is 1. The summed E-state index contributed by atoms with van der Waals surface area (Å²) in [6.45, 7) is 3.88. The van der Waals surface area contributed by atoms with Crippen LogP contribution in [0.15, 0.2) is 42.2 Å². The normalized spacial score (nSPS) is 13.0. The molecule has 0 saturated heterocycles. The largest absolute Gasteiger partial charge is 0.484 e. The molecule has 7 heteroatoms. The van der Waals surface area contributed by atoms with Gasteiger partial charge < -0.3 is 20.4 Å². The summed E-state index contributed by atoms with van der Waals surface area (Å²) >= 11 is 6.14. The zero-order valence-electron chi connectivity index (χ0n) is 16.7. The van der Waals surface area contributed by atoms with Gasteiger partial charge in [0.1, 0.15) is 6.61 Å². The predicted octanol–water partition coefficient (Wildman–Crippen LogP) is 4.75. The third-order valence-corrected chi connectivity index (χ3v) is 5.72. The molecule has 0 fully saturated rings. The van der Waals surface area contributed by atoms with Crippen LogP contribution in [0.4, 0.5) is 4.39 Å². The molecule has 0 saturated carbocycles. The lowest BCUT2D eigenvalue weighted by atomic mass is 10.0.